The van der Waals surface area contributed by atoms with Crippen molar-refractivity contribution in [2.45, 2.75) is 46.6 Å². The highest BCUT2D eigenvalue weighted by Gasteiger charge is 2.32. The van der Waals surface area contributed by atoms with Crippen molar-refractivity contribution < 1.29 is 9.59 Å². The van der Waals surface area contributed by atoms with Gasteiger partial charge in [0, 0.05) is 23.9 Å². The van der Waals surface area contributed by atoms with Crippen molar-refractivity contribution in [2.75, 3.05) is 17.7 Å². The van der Waals surface area contributed by atoms with E-state index in [0.717, 1.165) is 16.9 Å². The van der Waals surface area contributed by atoms with Gasteiger partial charge in [-0.3, -0.25) is 9.59 Å². The fraction of sp³-hybridized carbons (Fsp3) is 0.370. The van der Waals surface area contributed by atoms with E-state index >= 15 is 0 Å². The van der Waals surface area contributed by atoms with Gasteiger partial charge in [-0.25, -0.2) is 4.68 Å². The maximum absolute atomic E-state index is 13.3. The highest BCUT2D eigenvalue weighted by atomic mass is 35.5. The van der Waals surface area contributed by atoms with Crippen molar-refractivity contribution in [1.82, 2.24) is 14.7 Å². The molecule has 180 valence electrons. The Balaban J connectivity index is 1.88. The number of para-hydroxylation sites is 1. The van der Waals surface area contributed by atoms with E-state index in [2.05, 4.69) is 26.1 Å². The maximum Gasteiger partial charge on any atom is 0.245 e. The number of rotatable bonds is 8. The van der Waals surface area contributed by atoms with Gasteiger partial charge < -0.3 is 10.2 Å². The van der Waals surface area contributed by atoms with Crippen molar-refractivity contribution in [3.05, 3.63) is 78.0 Å². The fourth-order valence-corrected chi connectivity index (χ4v) is 3.56. The van der Waals surface area contributed by atoms with E-state index in [1.807, 2.05) is 66.7 Å². The predicted octanol–water partition coefficient (Wildman–Crippen LogP) is 5.40. The largest absolute Gasteiger partial charge is 0.329 e. The quantitative estimate of drug-likeness (QED) is 0.439. The molecular weight excluding hydrogens is 448 g/mol. The lowest BCUT2D eigenvalue weighted by molar-refractivity contribution is -0.142. The summed E-state index contributed by atoms with van der Waals surface area (Å²) in [7, 11) is 0. The molecule has 0 atom stereocenters. The molecule has 0 fully saturated rings. The highest BCUT2D eigenvalue weighted by Crippen LogP contribution is 2.27. The molecule has 0 bridgehead atoms. The maximum atomic E-state index is 13.3. The zero-order chi connectivity index (χ0) is 24.9. The first-order chi connectivity index (χ1) is 16.0. The van der Waals surface area contributed by atoms with E-state index in [0.29, 0.717) is 12.4 Å². The zero-order valence-corrected chi connectivity index (χ0v) is 21.3. The van der Waals surface area contributed by atoms with Crippen LogP contribution >= 0.6 is 11.6 Å². The molecule has 3 rings (SSSR count). The van der Waals surface area contributed by atoms with Crippen LogP contribution in [0, 0.1) is 5.41 Å². The molecule has 1 heterocycles. The Kier molecular flexibility index (Phi) is 7.82. The van der Waals surface area contributed by atoms with E-state index in [4.69, 9.17) is 16.7 Å². The number of nitrogens with zero attached hydrogens (tertiary/aromatic N) is 3. The molecule has 6 nitrogen and oxygen atoms in total. The topological polar surface area (TPSA) is 67.2 Å². The second-order valence-electron chi connectivity index (χ2n) is 10.1. The van der Waals surface area contributed by atoms with Gasteiger partial charge in [-0.1, -0.05) is 69.3 Å². The number of amides is 2. The van der Waals surface area contributed by atoms with Crippen LogP contribution in [-0.4, -0.2) is 38.9 Å². The minimum Gasteiger partial charge on any atom is -0.329 e. The normalized spacial score (nSPS) is 11.8. The second-order valence-corrected chi connectivity index (χ2v) is 10.4. The molecule has 0 unspecified atom stereocenters. The molecule has 3 aromatic rings. The van der Waals surface area contributed by atoms with Crippen LogP contribution in [0.2, 0.25) is 0 Å². The third-order valence-electron chi connectivity index (χ3n) is 5.50. The van der Waals surface area contributed by atoms with Gasteiger partial charge in [0.05, 0.1) is 16.8 Å². The first kappa shape index (κ1) is 25.5. The van der Waals surface area contributed by atoms with Gasteiger partial charge in [0.15, 0.2) is 0 Å². The van der Waals surface area contributed by atoms with E-state index in [1.165, 1.54) is 0 Å². The van der Waals surface area contributed by atoms with E-state index in [1.54, 1.807) is 23.4 Å². The molecule has 0 spiro atoms. The summed E-state index contributed by atoms with van der Waals surface area (Å²) >= 11 is 6.08. The summed E-state index contributed by atoms with van der Waals surface area (Å²) < 4.78 is 1.73. The summed E-state index contributed by atoms with van der Waals surface area (Å²) in [4.78, 5) is 28.0. The van der Waals surface area contributed by atoms with Gasteiger partial charge in [-0.2, -0.15) is 5.10 Å². The number of alkyl halides is 1. The molecule has 0 aliphatic rings. The van der Waals surface area contributed by atoms with Crippen LogP contribution in [-0.2, 0) is 21.5 Å². The van der Waals surface area contributed by atoms with Gasteiger partial charge in [-0.05, 0) is 31.5 Å². The molecule has 7 heteroatoms. The minimum atomic E-state index is -0.790. The summed E-state index contributed by atoms with van der Waals surface area (Å²) in [6.07, 6.45) is 0. The summed E-state index contributed by atoms with van der Waals surface area (Å²) in [6, 6.07) is 21.2. The van der Waals surface area contributed by atoms with Crippen LogP contribution < -0.4 is 5.32 Å². The second kappa shape index (κ2) is 10.4. The van der Waals surface area contributed by atoms with Gasteiger partial charge >= 0.3 is 0 Å². The molecule has 0 saturated carbocycles. The number of carbonyl (C=O) groups is 2. The Hall–Kier alpha value is -3.12. The number of nitrogens with one attached hydrogen (secondary N) is 1. The van der Waals surface area contributed by atoms with E-state index in [9.17, 15) is 9.59 Å². The molecular formula is C27H33ClN4O2. The number of anilines is 1. The summed E-state index contributed by atoms with van der Waals surface area (Å²) in [6.45, 7) is 10.0. The van der Waals surface area contributed by atoms with Crippen molar-refractivity contribution in [3.8, 4) is 5.69 Å². The first-order valence-corrected chi connectivity index (χ1v) is 11.9. The van der Waals surface area contributed by atoms with Crippen LogP contribution in [0.25, 0.3) is 5.69 Å². The average molecular weight is 481 g/mol. The van der Waals surface area contributed by atoms with Crippen LogP contribution in [0.3, 0.4) is 0 Å². The highest BCUT2D eigenvalue weighted by molar-refractivity contribution is 6.19. The number of hydrogen-bond donors (Lipinski definition) is 1. The lowest BCUT2D eigenvalue weighted by atomic mass is 9.92. The average Bonchev–Trinajstić information content (AvgIpc) is 3.23. The Bertz CT molecular complexity index is 1120. The molecule has 2 amide bonds. The number of carbonyl (C=O) groups excluding carboxylic acids is 2. The van der Waals surface area contributed by atoms with Crippen LogP contribution in [0.5, 0.6) is 0 Å². The van der Waals surface area contributed by atoms with Gasteiger partial charge in [-0.15, -0.1) is 11.6 Å². The number of benzene rings is 2. The van der Waals surface area contributed by atoms with E-state index in [-0.39, 0.29) is 29.7 Å². The summed E-state index contributed by atoms with van der Waals surface area (Å²) in [5.74, 6) is 0.250. The van der Waals surface area contributed by atoms with Crippen molar-refractivity contribution in [2.24, 2.45) is 5.41 Å². The van der Waals surface area contributed by atoms with Crippen molar-refractivity contribution in [1.29, 1.82) is 0 Å². The fourth-order valence-electron chi connectivity index (χ4n) is 3.45. The molecule has 0 saturated heterocycles. The monoisotopic (exact) mass is 480 g/mol. The third-order valence-corrected chi connectivity index (χ3v) is 6.17. The molecule has 34 heavy (non-hydrogen) atoms. The Morgan fingerprint density at radius 2 is 1.56 bits per heavy atom. The minimum absolute atomic E-state index is 0.0983. The lowest BCUT2D eigenvalue weighted by Gasteiger charge is -2.30. The number of aromatic nitrogens is 2. The summed E-state index contributed by atoms with van der Waals surface area (Å²) in [5, 5.41) is 7.72. The van der Waals surface area contributed by atoms with Crippen LogP contribution in [0.1, 0.15) is 45.9 Å². The Morgan fingerprint density at radius 3 is 2.12 bits per heavy atom. The Morgan fingerprint density at radius 1 is 0.971 bits per heavy atom. The van der Waals surface area contributed by atoms with Gasteiger partial charge in [0.25, 0.3) is 0 Å². The predicted molar refractivity (Wildman–Crippen MR) is 137 cm³/mol. The third kappa shape index (κ3) is 6.26. The first-order valence-electron chi connectivity index (χ1n) is 11.4. The molecule has 1 N–H and O–H groups in total. The van der Waals surface area contributed by atoms with Crippen LogP contribution in [0.15, 0.2) is 66.7 Å². The van der Waals surface area contributed by atoms with Gasteiger partial charge in [0.2, 0.25) is 11.8 Å². The smallest absolute Gasteiger partial charge is 0.245 e. The van der Waals surface area contributed by atoms with Crippen molar-refractivity contribution >= 4 is 29.2 Å². The van der Waals surface area contributed by atoms with E-state index < -0.39 is 5.41 Å². The molecule has 0 radical (unpaired) electrons. The Labute approximate surface area is 206 Å². The molecule has 0 aliphatic carbocycles. The summed E-state index contributed by atoms with van der Waals surface area (Å²) in [5.41, 5.74) is 1.65. The van der Waals surface area contributed by atoms with Gasteiger partial charge in [0.1, 0.15) is 12.4 Å². The van der Waals surface area contributed by atoms with Crippen LogP contribution in [0.4, 0.5) is 5.82 Å². The lowest BCUT2D eigenvalue weighted by Crippen LogP contribution is -2.45. The standard InChI is InChI=1S/C27H33ClN4O2/c1-26(2,3)22-16-23(32(30-22)21-14-10-7-11-15-21)29-24(33)18-31(25(34)27(4,5)19-28)17-20-12-8-6-9-13-20/h6-16H,17-19H2,1-5H3,(H,29,33). The van der Waals surface area contributed by atoms with Crippen molar-refractivity contribution in [3.63, 3.8) is 0 Å². The molecule has 0 aliphatic heterocycles. The molecule has 1 aromatic heterocycles. The number of hydrogen-bond acceptors (Lipinski definition) is 3. The number of halogens is 1. The zero-order valence-electron chi connectivity index (χ0n) is 20.5. The molecule has 2 aromatic carbocycles. The SMILES string of the molecule is CC(C)(CCl)C(=O)N(CC(=O)Nc1cc(C(C)(C)C)nn1-c1ccccc1)Cc1ccccc1.